The molecule has 114 valence electrons. The van der Waals surface area contributed by atoms with E-state index in [1.807, 2.05) is 16.8 Å². The van der Waals surface area contributed by atoms with E-state index in [-0.39, 0.29) is 11.7 Å². The van der Waals surface area contributed by atoms with Crippen molar-refractivity contribution in [2.45, 2.75) is 14.4 Å². The van der Waals surface area contributed by atoms with Crippen LogP contribution in [-0.4, -0.2) is 32.0 Å². The van der Waals surface area contributed by atoms with Gasteiger partial charge in [-0.1, -0.05) is 40.0 Å². The van der Waals surface area contributed by atoms with Gasteiger partial charge in [0.25, 0.3) is 5.89 Å². The van der Waals surface area contributed by atoms with E-state index in [1.54, 1.807) is 11.3 Å². The molecule has 0 fully saturated rings. The number of thioether (sulfide) groups is 2. The first-order valence-electron chi connectivity index (χ1n) is 5.93. The second-order valence-corrected chi connectivity index (χ2v) is 8.11. The molecule has 0 radical (unpaired) electrons. The topological polar surface area (TPSA) is 108 Å². The van der Waals surface area contributed by atoms with Crippen LogP contribution in [0.4, 0.5) is 0 Å². The number of carbonyl (C=O) groups is 1. The largest absolute Gasteiger partial charge is 0.369 e. The normalized spacial score (nSPS) is 10.9. The number of hydrogen-bond donors (Lipinski definition) is 1. The minimum absolute atomic E-state index is 0.203. The molecule has 0 aliphatic carbocycles. The van der Waals surface area contributed by atoms with Crippen LogP contribution in [0.5, 0.6) is 0 Å². The van der Waals surface area contributed by atoms with Gasteiger partial charge in [0, 0.05) is 5.38 Å². The average molecular weight is 371 g/mol. The standard InChI is InChI=1S/C11H9N5O2S4/c12-7(17)4-20-10-14-15-11(22-10)21-5-8-13-9(18-16-8)6-1-2-19-3-6/h1-3H,4-5H2,(H2,12,17). The van der Waals surface area contributed by atoms with E-state index in [2.05, 4.69) is 20.3 Å². The molecular formula is C11H9N5O2S4. The van der Waals surface area contributed by atoms with Gasteiger partial charge >= 0.3 is 0 Å². The highest BCUT2D eigenvalue weighted by molar-refractivity contribution is 8.03. The van der Waals surface area contributed by atoms with Gasteiger partial charge in [-0.25, -0.2) is 0 Å². The number of rotatable bonds is 7. The molecule has 7 nitrogen and oxygen atoms in total. The van der Waals surface area contributed by atoms with E-state index in [0.29, 0.717) is 21.8 Å². The maximum Gasteiger partial charge on any atom is 0.258 e. The zero-order valence-corrected chi connectivity index (χ0v) is 14.2. The third kappa shape index (κ3) is 4.06. The fourth-order valence-corrected chi connectivity index (χ4v) is 4.62. The summed E-state index contributed by atoms with van der Waals surface area (Å²) in [4.78, 5) is 15.0. The molecule has 0 unspecified atom stereocenters. The van der Waals surface area contributed by atoms with E-state index in [9.17, 15) is 4.79 Å². The van der Waals surface area contributed by atoms with Gasteiger partial charge in [-0.05, 0) is 11.4 Å². The Kier molecular flexibility index (Phi) is 5.08. The van der Waals surface area contributed by atoms with Crippen LogP contribution in [0, 0.1) is 0 Å². The highest BCUT2D eigenvalue weighted by atomic mass is 32.2. The number of aromatic nitrogens is 4. The Morgan fingerprint density at radius 3 is 2.86 bits per heavy atom. The van der Waals surface area contributed by atoms with Crippen LogP contribution in [0.2, 0.25) is 0 Å². The van der Waals surface area contributed by atoms with Crippen LogP contribution in [0.25, 0.3) is 11.5 Å². The van der Waals surface area contributed by atoms with Crippen LogP contribution in [0.3, 0.4) is 0 Å². The Morgan fingerprint density at radius 1 is 1.32 bits per heavy atom. The molecule has 0 aromatic carbocycles. The summed E-state index contributed by atoms with van der Waals surface area (Å²) in [5.41, 5.74) is 6.02. The molecule has 0 spiro atoms. The molecule has 0 atom stereocenters. The Morgan fingerprint density at radius 2 is 2.14 bits per heavy atom. The molecular weight excluding hydrogens is 362 g/mol. The Labute approximate surface area is 141 Å². The lowest BCUT2D eigenvalue weighted by Gasteiger charge is -1.90. The molecule has 1 amide bonds. The zero-order chi connectivity index (χ0) is 15.4. The number of primary amides is 1. The fourth-order valence-electron chi connectivity index (χ4n) is 1.39. The van der Waals surface area contributed by atoms with E-state index in [0.717, 1.165) is 9.90 Å². The lowest BCUT2D eigenvalue weighted by Crippen LogP contribution is -2.12. The first kappa shape index (κ1) is 15.5. The van der Waals surface area contributed by atoms with Gasteiger partial charge < -0.3 is 10.3 Å². The Bertz CT molecular complexity index is 754. The predicted octanol–water partition coefficient (Wildman–Crippen LogP) is 2.52. The van der Waals surface area contributed by atoms with Crippen LogP contribution in [-0.2, 0) is 10.5 Å². The summed E-state index contributed by atoms with van der Waals surface area (Å²) in [6.45, 7) is 0. The van der Waals surface area contributed by atoms with Gasteiger partial charge in [-0.15, -0.1) is 10.2 Å². The number of amides is 1. The highest BCUT2D eigenvalue weighted by Gasteiger charge is 2.12. The fraction of sp³-hybridized carbons (Fsp3) is 0.182. The zero-order valence-electron chi connectivity index (χ0n) is 11.0. The molecule has 3 aromatic heterocycles. The number of hydrogen-bond acceptors (Lipinski definition) is 10. The molecule has 11 heteroatoms. The van der Waals surface area contributed by atoms with Crippen molar-refractivity contribution >= 4 is 52.1 Å². The van der Waals surface area contributed by atoms with Crippen LogP contribution in [0.15, 0.2) is 30.0 Å². The van der Waals surface area contributed by atoms with Crippen LogP contribution in [0.1, 0.15) is 5.82 Å². The second kappa shape index (κ2) is 7.22. The average Bonchev–Trinajstić information content (AvgIpc) is 3.23. The molecule has 0 aliphatic rings. The first-order chi connectivity index (χ1) is 10.7. The first-order valence-corrected chi connectivity index (χ1v) is 9.66. The van der Waals surface area contributed by atoms with Crippen molar-refractivity contribution in [3.05, 3.63) is 22.7 Å². The van der Waals surface area contributed by atoms with Crippen molar-refractivity contribution in [2.24, 2.45) is 5.73 Å². The monoisotopic (exact) mass is 371 g/mol. The quantitative estimate of drug-likeness (QED) is 0.631. The maximum absolute atomic E-state index is 10.7. The third-order valence-electron chi connectivity index (χ3n) is 2.29. The lowest BCUT2D eigenvalue weighted by molar-refractivity contribution is -0.115. The minimum Gasteiger partial charge on any atom is -0.369 e. The molecule has 3 rings (SSSR count). The van der Waals surface area contributed by atoms with Gasteiger partial charge in [-0.3, -0.25) is 4.79 Å². The molecule has 3 aromatic rings. The van der Waals surface area contributed by atoms with E-state index < -0.39 is 0 Å². The van der Waals surface area contributed by atoms with Crippen molar-refractivity contribution in [1.29, 1.82) is 0 Å². The van der Waals surface area contributed by atoms with Crippen molar-refractivity contribution in [3.63, 3.8) is 0 Å². The van der Waals surface area contributed by atoms with Crippen LogP contribution < -0.4 is 5.73 Å². The number of thiophene rings is 1. The molecule has 0 bridgehead atoms. The molecule has 0 saturated carbocycles. The van der Waals surface area contributed by atoms with Gasteiger partial charge in [0.05, 0.1) is 17.1 Å². The van der Waals surface area contributed by atoms with Gasteiger partial charge in [0.2, 0.25) is 5.91 Å². The van der Waals surface area contributed by atoms with Gasteiger partial charge in [0.15, 0.2) is 14.5 Å². The van der Waals surface area contributed by atoms with Gasteiger partial charge in [-0.2, -0.15) is 16.3 Å². The molecule has 3 heterocycles. The maximum atomic E-state index is 10.7. The number of carbonyl (C=O) groups excluding carboxylic acids is 1. The number of nitrogens with two attached hydrogens (primary N) is 1. The predicted molar refractivity (Wildman–Crippen MR) is 87.0 cm³/mol. The molecule has 2 N–H and O–H groups in total. The van der Waals surface area contributed by atoms with Crippen molar-refractivity contribution in [2.75, 3.05) is 5.75 Å². The lowest BCUT2D eigenvalue weighted by atomic mass is 10.3. The van der Waals surface area contributed by atoms with E-state index in [4.69, 9.17) is 10.3 Å². The summed E-state index contributed by atoms with van der Waals surface area (Å²) in [6.07, 6.45) is 0. The van der Waals surface area contributed by atoms with E-state index >= 15 is 0 Å². The second-order valence-electron chi connectivity index (χ2n) is 3.91. The summed E-state index contributed by atoms with van der Waals surface area (Å²) < 4.78 is 6.71. The summed E-state index contributed by atoms with van der Waals surface area (Å²) >= 11 is 5.74. The summed E-state index contributed by atoms with van der Waals surface area (Å²) in [7, 11) is 0. The minimum atomic E-state index is -0.373. The highest BCUT2D eigenvalue weighted by Crippen LogP contribution is 2.30. The summed E-state index contributed by atoms with van der Waals surface area (Å²) in [6, 6.07) is 1.93. The van der Waals surface area contributed by atoms with Gasteiger partial charge in [0.1, 0.15) is 0 Å². The van der Waals surface area contributed by atoms with Crippen molar-refractivity contribution in [3.8, 4) is 11.5 Å². The molecule has 22 heavy (non-hydrogen) atoms. The molecule has 0 aliphatic heterocycles. The third-order valence-corrected chi connectivity index (χ3v) is 6.18. The van der Waals surface area contributed by atoms with Crippen molar-refractivity contribution < 1.29 is 9.32 Å². The summed E-state index contributed by atoms with van der Waals surface area (Å²) in [5.74, 6) is 1.50. The number of nitrogens with zero attached hydrogens (tertiary/aromatic N) is 4. The summed E-state index contributed by atoms with van der Waals surface area (Å²) in [5, 5.41) is 15.9. The van der Waals surface area contributed by atoms with E-state index in [1.165, 1.54) is 34.9 Å². The Hall–Kier alpha value is -1.43. The van der Waals surface area contributed by atoms with Crippen molar-refractivity contribution in [1.82, 2.24) is 20.3 Å². The smallest absolute Gasteiger partial charge is 0.258 e. The molecule has 0 saturated heterocycles. The SMILES string of the molecule is NC(=O)CSc1nnc(SCc2noc(-c3ccsc3)n2)s1. The van der Waals surface area contributed by atoms with Crippen LogP contribution >= 0.6 is 46.2 Å². The Balaban J connectivity index is 1.55.